The number of piperidine rings is 1. The van der Waals surface area contributed by atoms with Crippen LogP contribution >= 0.6 is 11.8 Å². The van der Waals surface area contributed by atoms with Crippen molar-refractivity contribution in [2.24, 2.45) is 0 Å². The van der Waals surface area contributed by atoms with Crippen LogP contribution in [0.15, 0.2) is 70.6 Å². The van der Waals surface area contributed by atoms with Gasteiger partial charge < -0.3 is 4.90 Å². The molecular formula is C30H31N3O2S. The van der Waals surface area contributed by atoms with Crippen molar-refractivity contribution in [3.05, 3.63) is 98.8 Å². The zero-order valence-electron chi connectivity index (χ0n) is 21.1. The highest BCUT2D eigenvalue weighted by molar-refractivity contribution is 7.98. The lowest BCUT2D eigenvalue weighted by Gasteiger charge is -2.26. The summed E-state index contributed by atoms with van der Waals surface area (Å²) in [5.41, 5.74) is 6.41. The molecule has 36 heavy (non-hydrogen) atoms. The fourth-order valence-electron chi connectivity index (χ4n) is 4.93. The van der Waals surface area contributed by atoms with Crippen molar-refractivity contribution < 1.29 is 4.79 Å². The summed E-state index contributed by atoms with van der Waals surface area (Å²) >= 11 is 1.54. The second-order valence-corrected chi connectivity index (χ2v) is 10.7. The van der Waals surface area contributed by atoms with Crippen molar-refractivity contribution in [3.8, 4) is 5.69 Å². The number of benzene rings is 3. The quantitative estimate of drug-likeness (QED) is 0.242. The van der Waals surface area contributed by atoms with Crippen LogP contribution in [0.2, 0.25) is 0 Å². The summed E-state index contributed by atoms with van der Waals surface area (Å²) in [4.78, 5) is 33.8. The van der Waals surface area contributed by atoms with Gasteiger partial charge in [-0.3, -0.25) is 14.2 Å². The van der Waals surface area contributed by atoms with E-state index in [0.29, 0.717) is 27.4 Å². The molecule has 1 saturated heterocycles. The SMILES string of the molecule is Cc1cccc(CSc2nc3cc(C(=O)N4CCCCC4)ccc3c(=O)n2-c2cc(C)cc(C)c2)c1. The molecule has 0 radical (unpaired) electrons. The Morgan fingerprint density at radius 1 is 0.889 bits per heavy atom. The summed E-state index contributed by atoms with van der Waals surface area (Å²) in [7, 11) is 0. The molecule has 0 saturated carbocycles. The minimum absolute atomic E-state index is 0.0193. The zero-order valence-corrected chi connectivity index (χ0v) is 21.9. The van der Waals surface area contributed by atoms with E-state index < -0.39 is 0 Å². The van der Waals surface area contributed by atoms with Gasteiger partial charge in [0, 0.05) is 24.4 Å². The summed E-state index contributed by atoms with van der Waals surface area (Å²) in [5.74, 6) is 0.711. The Bertz CT molecular complexity index is 1480. The van der Waals surface area contributed by atoms with Crippen LogP contribution in [0.1, 0.15) is 51.9 Å². The highest BCUT2D eigenvalue weighted by atomic mass is 32.2. The molecule has 184 valence electrons. The summed E-state index contributed by atoms with van der Waals surface area (Å²) in [5, 5.41) is 1.14. The van der Waals surface area contributed by atoms with Crippen LogP contribution < -0.4 is 5.56 Å². The first-order valence-electron chi connectivity index (χ1n) is 12.5. The third kappa shape index (κ3) is 5.09. The Labute approximate surface area is 216 Å². The maximum atomic E-state index is 13.8. The van der Waals surface area contributed by atoms with Crippen LogP contribution in [0.25, 0.3) is 16.6 Å². The maximum absolute atomic E-state index is 13.8. The lowest BCUT2D eigenvalue weighted by atomic mass is 10.1. The number of likely N-dealkylation sites (tertiary alicyclic amines) is 1. The minimum atomic E-state index is -0.117. The number of aromatic nitrogens is 2. The lowest BCUT2D eigenvalue weighted by Crippen LogP contribution is -2.35. The summed E-state index contributed by atoms with van der Waals surface area (Å²) in [6.45, 7) is 7.73. The van der Waals surface area contributed by atoms with E-state index in [2.05, 4.69) is 37.3 Å². The number of thioether (sulfide) groups is 1. The van der Waals surface area contributed by atoms with Crippen LogP contribution in [0, 0.1) is 20.8 Å². The first-order valence-corrected chi connectivity index (χ1v) is 13.5. The predicted octanol–water partition coefficient (Wildman–Crippen LogP) is 6.23. The zero-order chi connectivity index (χ0) is 25.2. The van der Waals surface area contributed by atoms with Gasteiger partial charge >= 0.3 is 0 Å². The second-order valence-electron chi connectivity index (χ2n) is 9.74. The Morgan fingerprint density at radius 3 is 2.36 bits per heavy atom. The number of amides is 1. The van der Waals surface area contributed by atoms with Crippen molar-refractivity contribution in [2.45, 2.75) is 50.9 Å². The van der Waals surface area contributed by atoms with Gasteiger partial charge in [0.25, 0.3) is 11.5 Å². The molecule has 0 atom stereocenters. The summed E-state index contributed by atoms with van der Waals surface area (Å²) < 4.78 is 1.72. The van der Waals surface area contributed by atoms with E-state index in [1.165, 1.54) is 17.5 Å². The van der Waals surface area contributed by atoms with Crippen LogP contribution in [0.3, 0.4) is 0 Å². The molecular weight excluding hydrogens is 466 g/mol. The molecule has 0 spiro atoms. The van der Waals surface area contributed by atoms with E-state index >= 15 is 0 Å². The minimum Gasteiger partial charge on any atom is -0.339 e. The highest BCUT2D eigenvalue weighted by Crippen LogP contribution is 2.27. The molecule has 2 heterocycles. The van der Waals surface area contributed by atoms with Crippen LogP contribution in [-0.4, -0.2) is 33.4 Å². The average Bonchev–Trinajstić information content (AvgIpc) is 2.86. The molecule has 0 N–H and O–H groups in total. The molecule has 4 aromatic rings. The van der Waals surface area contributed by atoms with Gasteiger partial charge in [-0.05, 0) is 87.1 Å². The monoisotopic (exact) mass is 497 g/mol. The number of carbonyl (C=O) groups excluding carboxylic acids is 1. The van der Waals surface area contributed by atoms with Gasteiger partial charge in [0.05, 0.1) is 16.6 Å². The van der Waals surface area contributed by atoms with E-state index in [9.17, 15) is 9.59 Å². The molecule has 1 aromatic heterocycles. The highest BCUT2D eigenvalue weighted by Gasteiger charge is 2.20. The molecule has 1 amide bonds. The Morgan fingerprint density at radius 2 is 1.64 bits per heavy atom. The number of hydrogen-bond donors (Lipinski definition) is 0. The van der Waals surface area contributed by atoms with Crippen molar-refractivity contribution >= 4 is 28.6 Å². The van der Waals surface area contributed by atoms with Crippen molar-refractivity contribution in [1.82, 2.24) is 14.5 Å². The third-order valence-corrected chi connectivity index (χ3v) is 7.65. The van der Waals surface area contributed by atoms with Crippen LogP contribution in [0.4, 0.5) is 0 Å². The molecule has 1 aliphatic heterocycles. The predicted molar refractivity (Wildman–Crippen MR) is 147 cm³/mol. The first kappa shape index (κ1) is 24.3. The molecule has 5 nitrogen and oxygen atoms in total. The van der Waals surface area contributed by atoms with E-state index in [0.717, 1.165) is 42.7 Å². The molecule has 0 unspecified atom stereocenters. The second kappa shape index (κ2) is 10.3. The molecule has 0 bridgehead atoms. The van der Waals surface area contributed by atoms with Crippen molar-refractivity contribution in [1.29, 1.82) is 0 Å². The average molecular weight is 498 g/mol. The van der Waals surface area contributed by atoms with E-state index in [1.54, 1.807) is 34.5 Å². The van der Waals surface area contributed by atoms with Crippen LogP contribution in [0.5, 0.6) is 0 Å². The molecule has 6 heteroatoms. The van der Waals surface area contributed by atoms with Crippen molar-refractivity contribution in [3.63, 3.8) is 0 Å². The van der Waals surface area contributed by atoms with Gasteiger partial charge in [-0.2, -0.15) is 0 Å². The van der Waals surface area contributed by atoms with Gasteiger partial charge in [-0.15, -0.1) is 0 Å². The number of nitrogens with zero attached hydrogens (tertiary/aromatic N) is 3. The smallest absolute Gasteiger partial charge is 0.266 e. The molecule has 3 aromatic carbocycles. The molecule has 1 aliphatic rings. The van der Waals surface area contributed by atoms with Gasteiger partial charge in [0.1, 0.15) is 0 Å². The summed E-state index contributed by atoms with van der Waals surface area (Å²) in [6, 6.07) is 19.8. The standard InChI is InChI=1S/C30H31N3O2S/c1-20-8-7-9-23(15-20)19-36-30-31-27-18-24(28(34)32-12-5-4-6-13-32)10-11-26(27)29(35)33(30)25-16-21(2)14-22(3)17-25/h7-11,14-18H,4-6,12-13,19H2,1-3H3. The lowest BCUT2D eigenvalue weighted by molar-refractivity contribution is 0.0724. The topological polar surface area (TPSA) is 55.2 Å². The van der Waals surface area contributed by atoms with E-state index in [-0.39, 0.29) is 11.5 Å². The van der Waals surface area contributed by atoms with E-state index in [1.807, 2.05) is 30.9 Å². The van der Waals surface area contributed by atoms with Gasteiger partial charge in [0.2, 0.25) is 0 Å². The van der Waals surface area contributed by atoms with Gasteiger partial charge in [-0.1, -0.05) is 47.7 Å². The number of aryl methyl sites for hydroxylation is 3. The van der Waals surface area contributed by atoms with Gasteiger partial charge in [-0.25, -0.2) is 4.98 Å². The number of fused-ring (bicyclic) bond motifs is 1. The normalized spacial score (nSPS) is 13.8. The molecule has 1 fully saturated rings. The molecule has 5 rings (SSSR count). The van der Waals surface area contributed by atoms with Gasteiger partial charge in [0.15, 0.2) is 5.16 Å². The Kier molecular flexibility index (Phi) is 6.97. The Balaban J connectivity index is 1.61. The third-order valence-electron chi connectivity index (χ3n) is 6.64. The Hall–Kier alpha value is -3.38. The maximum Gasteiger partial charge on any atom is 0.266 e. The summed E-state index contributed by atoms with van der Waals surface area (Å²) in [6.07, 6.45) is 3.25. The largest absolute Gasteiger partial charge is 0.339 e. The fourth-order valence-corrected chi connectivity index (χ4v) is 5.89. The number of carbonyl (C=O) groups is 1. The molecule has 0 aliphatic carbocycles. The fraction of sp³-hybridized carbons (Fsp3) is 0.300. The number of hydrogen-bond acceptors (Lipinski definition) is 4. The van der Waals surface area contributed by atoms with Crippen molar-refractivity contribution in [2.75, 3.05) is 13.1 Å². The van der Waals surface area contributed by atoms with Crippen LogP contribution in [-0.2, 0) is 5.75 Å². The van der Waals surface area contributed by atoms with E-state index in [4.69, 9.17) is 4.98 Å². The number of rotatable bonds is 5. The first-order chi connectivity index (χ1) is 17.4.